The molecule has 0 bridgehead atoms. The van der Waals surface area contributed by atoms with Gasteiger partial charge >= 0.3 is 0 Å². The van der Waals surface area contributed by atoms with Gasteiger partial charge in [0.15, 0.2) is 0 Å². The first kappa shape index (κ1) is 9.64. The third-order valence-corrected chi connectivity index (χ3v) is 4.53. The van der Waals surface area contributed by atoms with E-state index in [1.165, 1.54) is 25.7 Å². The van der Waals surface area contributed by atoms with Gasteiger partial charge in [0.05, 0.1) is 0 Å². The second-order valence-electron chi connectivity index (χ2n) is 5.55. The van der Waals surface area contributed by atoms with E-state index >= 15 is 0 Å². The summed E-state index contributed by atoms with van der Waals surface area (Å²) in [4.78, 5) is 14.2. The van der Waals surface area contributed by atoms with Crippen LogP contribution in [0.4, 0.5) is 0 Å². The number of hydrogen-bond acceptors (Lipinski definition) is 2. The maximum absolute atomic E-state index is 12.2. The van der Waals surface area contributed by atoms with Crippen molar-refractivity contribution in [2.75, 3.05) is 20.1 Å². The van der Waals surface area contributed by atoms with Crippen molar-refractivity contribution in [2.24, 2.45) is 11.3 Å². The maximum atomic E-state index is 12.2. The van der Waals surface area contributed by atoms with Crippen LogP contribution in [0.3, 0.4) is 0 Å². The van der Waals surface area contributed by atoms with Gasteiger partial charge in [-0.1, -0.05) is 0 Å². The van der Waals surface area contributed by atoms with E-state index in [-0.39, 0.29) is 0 Å². The van der Waals surface area contributed by atoms with Gasteiger partial charge in [-0.25, -0.2) is 0 Å². The quantitative estimate of drug-likeness (QED) is 0.734. The Hall–Kier alpha value is -0.570. The maximum Gasteiger partial charge on any atom is 0.226 e. The molecule has 1 saturated heterocycles. The van der Waals surface area contributed by atoms with Gasteiger partial charge in [0.25, 0.3) is 0 Å². The van der Waals surface area contributed by atoms with Gasteiger partial charge in [-0.05, 0) is 50.6 Å². The lowest BCUT2D eigenvalue weighted by atomic mass is 9.91. The van der Waals surface area contributed by atoms with E-state index in [1.54, 1.807) is 0 Å². The highest BCUT2D eigenvalue weighted by atomic mass is 16.2. The van der Waals surface area contributed by atoms with E-state index in [0.717, 1.165) is 19.5 Å². The summed E-state index contributed by atoms with van der Waals surface area (Å²) in [6.45, 7) is 2.22. The molecule has 3 aliphatic rings. The Balaban J connectivity index is 1.62. The number of amides is 1. The van der Waals surface area contributed by atoms with Crippen LogP contribution in [0.1, 0.15) is 32.1 Å². The largest absolute Gasteiger partial charge is 0.343 e. The van der Waals surface area contributed by atoms with E-state index in [4.69, 9.17) is 0 Å². The van der Waals surface area contributed by atoms with Crippen molar-refractivity contribution in [1.82, 2.24) is 10.2 Å². The van der Waals surface area contributed by atoms with E-state index in [1.807, 2.05) is 11.9 Å². The number of nitrogens with one attached hydrogen (secondary N) is 1. The predicted molar refractivity (Wildman–Crippen MR) is 58.4 cm³/mol. The molecule has 1 heterocycles. The minimum Gasteiger partial charge on any atom is -0.343 e. The van der Waals surface area contributed by atoms with Crippen molar-refractivity contribution in [3.8, 4) is 0 Å². The fraction of sp³-hybridized carbons (Fsp3) is 0.917. The molecule has 0 unspecified atom stereocenters. The normalized spacial score (nSPS) is 32.7. The molecule has 0 aromatic heterocycles. The SMILES string of the molecule is CN(C(=O)[C@@H]1CC12CCNCC2)C1CC1. The summed E-state index contributed by atoms with van der Waals surface area (Å²) in [5, 5.41) is 3.38. The smallest absolute Gasteiger partial charge is 0.226 e. The van der Waals surface area contributed by atoms with Gasteiger partial charge in [0.2, 0.25) is 5.91 Å². The van der Waals surface area contributed by atoms with Crippen LogP contribution in [0.25, 0.3) is 0 Å². The van der Waals surface area contributed by atoms with Crippen LogP contribution >= 0.6 is 0 Å². The summed E-state index contributed by atoms with van der Waals surface area (Å²) in [6.07, 6.45) is 6.03. The molecule has 84 valence electrons. The molecule has 1 N–H and O–H groups in total. The van der Waals surface area contributed by atoms with Gasteiger partial charge in [-0.3, -0.25) is 4.79 Å². The molecule has 3 rings (SSSR count). The zero-order valence-electron chi connectivity index (χ0n) is 9.46. The topological polar surface area (TPSA) is 32.3 Å². The number of rotatable bonds is 2. The number of carbonyl (C=O) groups excluding carboxylic acids is 1. The van der Waals surface area contributed by atoms with E-state index in [0.29, 0.717) is 23.3 Å². The molecule has 1 aliphatic heterocycles. The van der Waals surface area contributed by atoms with Crippen molar-refractivity contribution < 1.29 is 4.79 Å². The first-order valence-corrected chi connectivity index (χ1v) is 6.20. The number of nitrogens with zero attached hydrogens (tertiary/aromatic N) is 1. The molecule has 3 heteroatoms. The summed E-state index contributed by atoms with van der Waals surface area (Å²) in [5.74, 6) is 0.796. The number of hydrogen-bond donors (Lipinski definition) is 1. The summed E-state index contributed by atoms with van der Waals surface area (Å²) in [6, 6.07) is 0.580. The van der Waals surface area contributed by atoms with Crippen LogP contribution in [0.2, 0.25) is 0 Å². The van der Waals surface area contributed by atoms with Crippen molar-refractivity contribution in [3.63, 3.8) is 0 Å². The van der Waals surface area contributed by atoms with Crippen LogP contribution in [-0.4, -0.2) is 37.0 Å². The first-order chi connectivity index (χ1) is 7.23. The third kappa shape index (κ3) is 1.57. The Morgan fingerprint density at radius 1 is 1.33 bits per heavy atom. The second-order valence-corrected chi connectivity index (χ2v) is 5.55. The Morgan fingerprint density at radius 3 is 2.60 bits per heavy atom. The zero-order valence-corrected chi connectivity index (χ0v) is 9.46. The fourth-order valence-electron chi connectivity index (χ4n) is 3.06. The van der Waals surface area contributed by atoms with Gasteiger partial charge in [-0.15, -0.1) is 0 Å². The summed E-state index contributed by atoms with van der Waals surface area (Å²) in [5.41, 5.74) is 0.408. The number of carbonyl (C=O) groups is 1. The standard InChI is InChI=1S/C12H20N2O/c1-14(9-2-3-9)11(15)10-8-12(10)4-6-13-7-5-12/h9-10,13H,2-8H2,1H3/t10-/m0/s1. The molecular weight excluding hydrogens is 188 g/mol. The number of piperidine rings is 1. The second kappa shape index (κ2) is 3.21. The van der Waals surface area contributed by atoms with Gasteiger partial charge in [0, 0.05) is 19.0 Å². The van der Waals surface area contributed by atoms with Crippen molar-refractivity contribution in [1.29, 1.82) is 0 Å². The minimum absolute atomic E-state index is 0.366. The molecule has 0 aromatic carbocycles. The molecule has 1 atom stereocenters. The molecule has 2 aliphatic carbocycles. The summed E-state index contributed by atoms with van der Waals surface area (Å²) >= 11 is 0. The van der Waals surface area contributed by atoms with Crippen molar-refractivity contribution in [2.45, 2.75) is 38.1 Å². The molecule has 3 nitrogen and oxygen atoms in total. The molecule has 2 saturated carbocycles. The Morgan fingerprint density at radius 2 is 2.00 bits per heavy atom. The first-order valence-electron chi connectivity index (χ1n) is 6.20. The van der Waals surface area contributed by atoms with Crippen molar-refractivity contribution in [3.05, 3.63) is 0 Å². The van der Waals surface area contributed by atoms with E-state index in [9.17, 15) is 4.79 Å². The minimum atomic E-state index is 0.366. The predicted octanol–water partition coefficient (Wildman–Crippen LogP) is 0.997. The molecule has 1 spiro atoms. The van der Waals surface area contributed by atoms with Crippen molar-refractivity contribution >= 4 is 5.91 Å². The average Bonchev–Trinajstić information content (AvgIpc) is 3.13. The van der Waals surface area contributed by atoms with Gasteiger partial charge < -0.3 is 10.2 Å². The lowest BCUT2D eigenvalue weighted by Crippen LogP contribution is -2.35. The summed E-state index contributed by atoms with van der Waals surface area (Å²) in [7, 11) is 1.99. The lowest BCUT2D eigenvalue weighted by Gasteiger charge is -2.25. The summed E-state index contributed by atoms with van der Waals surface area (Å²) < 4.78 is 0. The highest BCUT2D eigenvalue weighted by Crippen LogP contribution is 2.59. The Labute approximate surface area is 91.2 Å². The molecule has 0 radical (unpaired) electrons. The molecule has 3 fully saturated rings. The molecule has 0 aromatic rings. The van der Waals surface area contributed by atoms with Gasteiger partial charge in [-0.2, -0.15) is 0 Å². The average molecular weight is 208 g/mol. The van der Waals surface area contributed by atoms with Crippen LogP contribution in [-0.2, 0) is 4.79 Å². The van der Waals surface area contributed by atoms with Crippen LogP contribution in [0, 0.1) is 11.3 Å². The molecule has 15 heavy (non-hydrogen) atoms. The monoisotopic (exact) mass is 208 g/mol. The fourth-order valence-corrected chi connectivity index (χ4v) is 3.06. The lowest BCUT2D eigenvalue weighted by molar-refractivity contribution is -0.132. The van der Waals surface area contributed by atoms with Crippen LogP contribution in [0.15, 0.2) is 0 Å². The van der Waals surface area contributed by atoms with E-state index in [2.05, 4.69) is 5.32 Å². The highest BCUT2D eigenvalue weighted by molar-refractivity contribution is 5.83. The zero-order chi connectivity index (χ0) is 10.5. The van der Waals surface area contributed by atoms with Crippen LogP contribution in [0.5, 0.6) is 0 Å². The van der Waals surface area contributed by atoms with E-state index < -0.39 is 0 Å². The molecule has 1 amide bonds. The Bertz CT molecular complexity index is 279. The highest BCUT2D eigenvalue weighted by Gasteiger charge is 2.58. The third-order valence-electron chi connectivity index (χ3n) is 4.53. The Kier molecular flexibility index (Phi) is 2.06. The van der Waals surface area contributed by atoms with Gasteiger partial charge in [0.1, 0.15) is 0 Å². The molecular formula is C12H20N2O. The van der Waals surface area contributed by atoms with Crippen LogP contribution < -0.4 is 5.32 Å².